The minimum atomic E-state index is -0.860. The fraction of sp³-hybridized carbons (Fsp3) is 0.375. The molecule has 110 valence electrons. The van der Waals surface area contributed by atoms with E-state index in [0.717, 1.165) is 29.4 Å². The fourth-order valence-corrected chi connectivity index (χ4v) is 3.60. The lowest BCUT2D eigenvalue weighted by atomic mass is 9.92. The normalized spacial score (nSPS) is 26.3. The van der Waals surface area contributed by atoms with E-state index in [0.29, 0.717) is 24.7 Å². The molecular formula is C16H14N4O2. The molecule has 2 atom stereocenters. The van der Waals surface area contributed by atoms with Crippen molar-refractivity contribution in [3.8, 4) is 6.07 Å². The van der Waals surface area contributed by atoms with Crippen LogP contribution < -0.4 is 0 Å². The highest BCUT2D eigenvalue weighted by atomic mass is 16.4. The van der Waals surface area contributed by atoms with Crippen molar-refractivity contribution in [2.24, 2.45) is 5.92 Å². The Balaban J connectivity index is 1.75. The number of nitrogens with zero attached hydrogens (tertiary/aromatic N) is 4. The summed E-state index contributed by atoms with van der Waals surface area (Å²) in [6.45, 7) is 1.12. The summed E-state index contributed by atoms with van der Waals surface area (Å²) < 4.78 is 0. The third-order valence-electron chi connectivity index (χ3n) is 4.92. The summed E-state index contributed by atoms with van der Waals surface area (Å²) in [7, 11) is 0. The molecule has 1 aliphatic heterocycles. The zero-order chi connectivity index (χ0) is 15.3. The smallest absolute Gasteiger partial charge is 0.407 e. The van der Waals surface area contributed by atoms with Gasteiger partial charge in [-0.3, -0.25) is 4.98 Å². The van der Waals surface area contributed by atoms with Crippen LogP contribution >= 0.6 is 0 Å². The number of aromatic nitrogens is 2. The molecule has 0 bridgehead atoms. The van der Waals surface area contributed by atoms with Crippen LogP contribution in [0.4, 0.5) is 4.79 Å². The van der Waals surface area contributed by atoms with E-state index >= 15 is 0 Å². The molecular weight excluding hydrogens is 280 g/mol. The molecule has 6 heteroatoms. The molecule has 0 spiro atoms. The number of likely N-dealkylation sites (tertiary alicyclic amines) is 1. The van der Waals surface area contributed by atoms with Gasteiger partial charge >= 0.3 is 6.09 Å². The van der Waals surface area contributed by atoms with Gasteiger partial charge in [-0.25, -0.2) is 9.78 Å². The van der Waals surface area contributed by atoms with Gasteiger partial charge in [0.05, 0.1) is 5.52 Å². The van der Waals surface area contributed by atoms with E-state index in [-0.39, 0.29) is 5.41 Å². The first-order valence-corrected chi connectivity index (χ1v) is 7.28. The minimum absolute atomic E-state index is 0.138. The molecule has 6 nitrogen and oxygen atoms in total. The van der Waals surface area contributed by atoms with Crippen molar-refractivity contribution in [3.05, 3.63) is 35.8 Å². The van der Waals surface area contributed by atoms with E-state index in [9.17, 15) is 9.90 Å². The molecule has 2 unspecified atom stereocenters. The fourth-order valence-electron chi connectivity index (χ4n) is 3.60. The number of carbonyl (C=O) groups is 1. The van der Waals surface area contributed by atoms with Gasteiger partial charge in [0, 0.05) is 41.8 Å². The maximum absolute atomic E-state index is 11.2. The summed E-state index contributed by atoms with van der Waals surface area (Å²) in [4.78, 5) is 21.5. The average Bonchev–Trinajstić information content (AvgIpc) is 3.28. The number of carboxylic acid groups (broad SMARTS) is 1. The second kappa shape index (κ2) is 4.41. The number of piperidine rings is 1. The van der Waals surface area contributed by atoms with E-state index in [1.807, 2.05) is 18.2 Å². The molecule has 2 aliphatic rings. The quantitative estimate of drug-likeness (QED) is 0.870. The van der Waals surface area contributed by atoms with Crippen molar-refractivity contribution < 1.29 is 9.90 Å². The van der Waals surface area contributed by atoms with Crippen LogP contribution in [0.15, 0.2) is 24.4 Å². The van der Waals surface area contributed by atoms with Crippen molar-refractivity contribution in [3.63, 3.8) is 0 Å². The van der Waals surface area contributed by atoms with E-state index in [2.05, 4.69) is 4.98 Å². The van der Waals surface area contributed by atoms with E-state index in [1.165, 1.54) is 4.90 Å². The largest absolute Gasteiger partial charge is 0.465 e. The second-order valence-electron chi connectivity index (χ2n) is 6.12. The number of hydrogen-bond donors (Lipinski definition) is 1. The Bertz CT molecular complexity index is 828. The van der Waals surface area contributed by atoms with Gasteiger partial charge < -0.3 is 10.0 Å². The molecule has 1 saturated carbocycles. The lowest BCUT2D eigenvalue weighted by molar-refractivity contribution is 0.128. The summed E-state index contributed by atoms with van der Waals surface area (Å²) in [6.07, 6.45) is 2.68. The van der Waals surface area contributed by atoms with Crippen LogP contribution in [0.5, 0.6) is 0 Å². The van der Waals surface area contributed by atoms with E-state index in [1.54, 1.807) is 12.3 Å². The minimum Gasteiger partial charge on any atom is -0.465 e. The number of pyridine rings is 2. The number of nitriles is 1. The summed E-state index contributed by atoms with van der Waals surface area (Å²) in [5.74, 6) is 0.519. The Labute approximate surface area is 127 Å². The molecule has 0 aromatic carbocycles. The van der Waals surface area contributed by atoms with Crippen LogP contribution in [0.2, 0.25) is 0 Å². The highest BCUT2D eigenvalue weighted by Gasteiger charge is 2.59. The third kappa shape index (κ3) is 1.82. The summed E-state index contributed by atoms with van der Waals surface area (Å²) >= 11 is 0. The van der Waals surface area contributed by atoms with E-state index < -0.39 is 6.09 Å². The predicted octanol–water partition coefficient (Wildman–Crippen LogP) is 2.14. The molecule has 2 aromatic heterocycles. The number of amides is 1. The lowest BCUT2D eigenvalue weighted by Crippen LogP contribution is -2.42. The highest BCUT2D eigenvalue weighted by molar-refractivity contribution is 5.79. The molecule has 1 aliphatic carbocycles. The zero-order valence-electron chi connectivity index (χ0n) is 11.9. The molecule has 2 aromatic rings. The second-order valence-corrected chi connectivity index (χ2v) is 6.12. The SMILES string of the molecule is N#Cc1cc2nc(C34CC3CCN(C(=O)O)C4)ccc2cn1. The Morgan fingerprint density at radius 2 is 2.36 bits per heavy atom. The topological polar surface area (TPSA) is 90.1 Å². The van der Waals surface area contributed by atoms with Crippen LogP contribution in [0, 0.1) is 17.2 Å². The number of rotatable bonds is 1. The highest BCUT2D eigenvalue weighted by Crippen LogP contribution is 2.58. The van der Waals surface area contributed by atoms with Crippen LogP contribution in [-0.4, -0.2) is 39.2 Å². The first kappa shape index (κ1) is 13.0. The Morgan fingerprint density at radius 3 is 3.14 bits per heavy atom. The Hall–Kier alpha value is -2.68. The van der Waals surface area contributed by atoms with Crippen molar-refractivity contribution in [2.75, 3.05) is 13.1 Å². The first-order chi connectivity index (χ1) is 10.6. The molecule has 4 rings (SSSR count). The predicted molar refractivity (Wildman–Crippen MR) is 78.3 cm³/mol. The van der Waals surface area contributed by atoms with Gasteiger partial charge in [0.2, 0.25) is 0 Å². The van der Waals surface area contributed by atoms with Gasteiger partial charge in [0.1, 0.15) is 11.8 Å². The van der Waals surface area contributed by atoms with Crippen molar-refractivity contribution in [2.45, 2.75) is 18.3 Å². The summed E-state index contributed by atoms with van der Waals surface area (Å²) in [5, 5.41) is 19.1. The average molecular weight is 294 g/mol. The molecule has 1 saturated heterocycles. The monoisotopic (exact) mass is 294 g/mol. The van der Waals surface area contributed by atoms with Crippen LogP contribution in [0.1, 0.15) is 24.2 Å². The van der Waals surface area contributed by atoms with Crippen LogP contribution in [-0.2, 0) is 5.41 Å². The maximum Gasteiger partial charge on any atom is 0.407 e. The van der Waals surface area contributed by atoms with Crippen molar-refractivity contribution in [1.29, 1.82) is 5.26 Å². The number of hydrogen-bond acceptors (Lipinski definition) is 4. The number of fused-ring (bicyclic) bond motifs is 2. The summed E-state index contributed by atoms with van der Waals surface area (Å²) in [5.41, 5.74) is 1.89. The molecule has 3 heterocycles. The Kier molecular flexibility index (Phi) is 2.61. The molecule has 22 heavy (non-hydrogen) atoms. The van der Waals surface area contributed by atoms with Gasteiger partial charge in [-0.1, -0.05) is 0 Å². The van der Waals surface area contributed by atoms with Crippen molar-refractivity contribution in [1.82, 2.24) is 14.9 Å². The van der Waals surface area contributed by atoms with Crippen LogP contribution in [0.25, 0.3) is 10.9 Å². The van der Waals surface area contributed by atoms with Gasteiger partial charge in [-0.05, 0) is 30.9 Å². The Morgan fingerprint density at radius 1 is 1.50 bits per heavy atom. The molecule has 1 amide bonds. The van der Waals surface area contributed by atoms with Gasteiger partial charge in [0.15, 0.2) is 0 Å². The third-order valence-corrected chi connectivity index (χ3v) is 4.92. The maximum atomic E-state index is 11.2. The first-order valence-electron chi connectivity index (χ1n) is 7.28. The van der Waals surface area contributed by atoms with Crippen LogP contribution in [0.3, 0.4) is 0 Å². The molecule has 2 fully saturated rings. The standard InChI is InChI=1S/C16H14N4O2/c17-7-12-5-13-10(8-18-12)1-2-14(19-13)16-6-11(16)3-4-20(9-16)15(21)22/h1-2,5,8,11H,3-4,6,9H2,(H,21,22). The molecule has 1 N–H and O–H groups in total. The van der Waals surface area contributed by atoms with Gasteiger partial charge in [-0.15, -0.1) is 0 Å². The van der Waals surface area contributed by atoms with Gasteiger partial charge in [0.25, 0.3) is 0 Å². The lowest BCUT2D eigenvalue weighted by Gasteiger charge is -2.30. The van der Waals surface area contributed by atoms with E-state index in [4.69, 9.17) is 10.2 Å². The van der Waals surface area contributed by atoms with Gasteiger partial charge in [-0.2, -0.15) is 5.26 Å². The molecule has 0 radical (unpaired) electrons. The summed E-state index contributed by atoms with van der Waals surface area (Å²) in [6, 6.07) is 7.64. The van der Waals surface area contributed by atoms with Crippen molar-refractivity contribution >= 4 is 17.0 Å². The zero-order valence-corrected chi connectivity index (χ0v) is 11.9.